The third kappa shape index (κ3) is 6.93. The zero-order valence-corrected chi connectivity index (χ0v) is 27.8. The van der Waals surface area contributed by atoms with Gasteiger partial charge >= 0.3 is 0 Å². The van der Waals surface area contributed by atoms with E-state index in [2.05, 4.69) is 59.2 Å². The molecule has 3 aliphatic carbocycles. The maximum Gasteiger partial charge on any atom is 0.222 e. The number of amides is 1. The lowest BCUT2D eigenvalue weighted by molar-refractivity contribution is -0.186. The summed E-state index contributed by atoms with van der Waals surface area (Å²) in [5.41, 5.74) is 0.749. The molecule has 1 saturated heterocycles. The van der Waals surface area contributed by atoms with Crippen molar-refractivity contribution in [2.75, 3.05) is 20.4 Å². The maximum atomic E-state index is 12.5. The lowest BCUT2D eigenvalue weighted by atomic mass is 9.45. The number of fused-ring (bicyclic) bond motifs is 5. The van der Waals surface area contributed by atoms with Crippen molar-refractivity contribution < 1.29 is 9.53 Å². The standard InChI is InChI=1S/C28H49NO2.2C2H6.CH4S/c1-18(2)9-8-10-19(3)20-11-12-21-26-22(13-15-27(20,21)4)28(5)16-14-25(30)29(6)24(28)17-23(26)31-7;3*1-2/h18-24,26H,8-17H2,1-7H3;2*1-2H3;2H,1H3/t19?,20?,21?,22?,23?,24?,26?,27-,28-;;;/m1.../s1. The summed E-state index contributed by atoms with van der Waals surface area (Å²) in [4.78, 5) is 14.6. The highest BCUT2D eigenvalue weighted by molar-refractivity contribution is 7.79. The Hall–Kier alpha value is -0.220. The average molecular weight is 540 g/mol. The molecule has 1 heterocycles. The highest BCUT2D eigenvalue weighted by atomic mass is 32.1. The van der Waals surface area contributed by atoms with Crippen LogP contribution in [0.1, 0.15) is 127 Å². The molecule has 220 valence electrons. The van der Waals surface area contributed by atoms with E-state index in [4.69, 9.17) is 4.74 Å². The van der Waals surface area contributed by atoms with E-state index in [1.165, 1.54) is 44.9 Å². The minimum Gasteiger partial charge on any atom is -0.381 e. The van der Waals surface area contributed by atoms with Crippen LogP contribution in [0.3, 0.4) is 0 Å². The van der Waals surface area contributed by atoms with Gasteiger partial charge in [0.25, 0.3) is 0 Å². The Morgan fingerprint density at radius 3 is 2.11 bits per heavy atom. The number of rotatable bonds is 6. The van der Waals surface area contributed by atoms with Crippen LogP contribution in [-0.2, 0) is 9.53 Å². The second-order valence-corrected chi connectivity index (χ2v) is 12.9. The molecule has 0 bridgehead atoms. The fraction of sp³-hybridized carbons (Fsp3) is 0.970. The molecule has 4 heteroatoms. The van der Waals surface area contributed by atoms with Gasteiger partial charge in [-0.05, 0) is 91.1 Å². The lowest BCUT2D eigenvalue weighted by Crippen LogP contribution is -2.65. The van der Waals surface area contributed by atoms with Crippen LogP contribution in [0, 0.1) is 46.3 Å². The van der Waals surface area contributed by atoms with Crippen molar-refractivity contribution in [3.63, 3.8) is 0 Å². The minimum atomic E-state index is 0.269. The number of methoxy groups -OCH3 is 1. The first-order valence-electron chi connectivity index (χ1n) is 15.9. The van der Waals surface area contributed by atoms with Crippen LogP contribution in [0.5, 0.6) is 0 Å². The van der Waals surface area contributed by atoms with E-state index < -0.39 is 0 Å². The van der Waals surface area contributed by atoms with Gasteiger partial charge in [0.05, 0.1) is 6.10 Å². The molecule has 37 heavy (non-hydrogen) atoms. The molecule has 4 aliphatic rings. The van der Waals surface area contributed by atoms with E-state index >= 15 is 0 Å². The van der Waals surface area contributed by atoms with Gasteiger partial charge in [-0.15, -0.1) is 0 Å². The topological polar surface area (TPSA) is 29.5 Å². The van der Waals surface area contributed by atoms with E-state index in [1.807, 2.05) is 34.8 Å². The van der Waals surface area contributed by atoms with Crippen LogP contribution in [0.15, 0.2) is 0 Å². The van der Waals surface area contributed by atoms with Crippen molar-refractivity contribution in [2.45, 2.75) is 139 Å². The molecule has 9 atom stereocenters. The molecule has 3 saturated carbocycles. The first kappa shape index (κ1) is 34.8. The number of piperidine rings is 1. The van der Waals surface area contributed by atoms with Crippen molar-refractivity contribution in [3.05, 3.63) is 0 Å². The first-order valence-corrected chi connectivity index (χ1v) is 16.8. The van der Waals surface area contributed by atoms with Crippen molar-refractivity contribution in [3.8, 4) is 0 Å². The molecule has 7 unspecified atom stereocenters. The van der Waals surface area contributed by atoms with Crippen LogP contribution in [-0.4, -0.2) is 43.4 Å². The van der Waals surface area contributed by atoms with Crippen molar-refractivity contribution >= 4 is 18.5 Å². The molecule has 1 amide bonds. The van der Waals surface area contributed by atoms with E-state index in [-0.39, 0.29) is 5.41 Å². The van der Waals surface area contributed by atoms with Crippen molar-refractivity contribution in [1.82, 2.24) is 4.90 Å². The SMILES string of the molecule is CC.CC.COC1CC2N(C)C(=O)CC[C@]2(C)C2CC[C@]3(C)C(C(C)CCCC(C)C)CCC3C12.CS. The van der Waals surface area contributed by atoms with E-state index in [1.54, 1.807) is 6.26 Å². The predicted molar refractivity (Wildman–Crippen MR) is 165 cm³/mol. The number of carbonyl (C=O) groups is 1. The van der Waals surface area contributed by atoms with Gasteiger partial charge in [-0.2, -0.15) is 12.6 Å². The number of ether oxygens (including phenoxy) is 1. The Labute approximate surface area is 238 Å². The van der Waals surface area contributed by atoms with Crippen LogP contribution in [0.4, 0.5) is 0 Å². The zero-order chi connectivity index (χ0) is 28.6. The Bertz CT molecular complexity index is 669. The molecule has 0 radical (unpaired) electrons. The van der Waals surface area contributed by atoms with E-state index in [0.29, 0.717) is 35.3 Å². The van der Waals surface area contributed by atoms with E-state index in [9.17, 15) is 4.79 Å². The van der Waals surface area contributed by atoms with Gasteiger partial charge in [0, 0.05) is 26.6 Å². The molecule has 3 nitrogen and oxygen atoms in total. The Balaban J connectivity index is 0.00000106. The Morgan fingerprint density at radius 2 is 1.54 bits per heavy atom. The summed E-state index contributed by atoms with van der Waals surface area (Å²) in [7, 11) is 3.98. The molecule has 0 aromatic rings. The number of thiol groups is 1. The van der Waals surface area contributed by atoms with E-state index in [0.717, 1.165) is 42.9 Å². The van der Waals surface area contributed by atoms with Crippen LogP contribution >= 0.6 is 12.6 Å². The smallest absolute Gasteiger partial charge is 0.222 e. The minimum absolute atomic E-state index is 0.269. The second kappa shape index (κ2) is 15.5. The maximum absolute atomic E-state index is 12.5. The second-order valence-electron chi connectivity index (χ2n) is 12.9. The van der Waals surface area contributed by atoms with Gasteiger partial charge in [0.1, 0.15) is 0 Å². The van der Waals surface area contributed by atoms with Gasteiger partial charge in [0.15, 0.2) is 0 Å². The lowest BCUT2D eigenvalue weighted by Gasteiger charge is -2.63. The molecule has 4 fully saturated rings. The van der Waals surface area contributed by atoms with Gasteiger partial charge in [-0.3, -0.25) is 4.79 Å². The summed E-state index contributed by atoms with van der Waals surface area (Å²) in [5, 5.41) is 0. The summed E-state index contributed by atoms with van der Waals surface area (Å²) in [6.07, 6.45) is 14.6. The third-order valence-corrected chi connectivity index (χ3v) is 11.1. The molecule has 0 N–H and O–H groups in total. The summed E-state index contributed by atoms with van der Waals surface area (Å²) >= 11 is 3.53. The molecule has 4 rings (SSSR count). The van der Waals surface area contributed by atoms with Crippen LogP contribution in [0.25, 0.3) is 0 Å². The molecule has 0 spiro atoms. The predicted octanol–water partition coefficient (Wildman–Crippen LogP) is 9.15. The highest BCUT2D eigenvalue weighted by Gasteiger charge is 2.64. The van der Waals surface area contributed by atoms with Crippen molar-refractivity contribution in [1.29, 1.82) is 0 Å². The molecule has 0 aromatic heterocycles. The molecular weight excluding hydrogens is 474 g/mol. The number of nitrogens with zero attached hydrogens (tertiary/aromatic N) is 1. The summed E-state index contributed by atoms with van der Waals surface area (Å²) < 4.78 is 6.24. The fourth-order valence-electron chi connectivity index (χ4n) is 9.33. The summed E-state index contributed by atoms with van der Waals surface area (Å²) in [5.74, 6) is 5.08. The monoisotopic (exact) mass is 539 g/mol. The summed E-state index contributed by atoms with van der Waals surface area (Å²) in [6, 6.07) is 0.358. The average Bonchev–Trinajstić information content (AvgIpc) is 3.27. The Kier molecular flexibility index (Phi) is 14.6. The quantitative estimate of drug-likeness (QED) is 0.341. The van der Waals surface area contributed by atoms with Gasteiger partial charge in [-0.1, -0.05) is 81.6 Å². The molecule has 0 aromatic carbocycles. The third-order valence-electron chi connectivity index (χ3n) is 11.1. The normalized spacial score (nSPS) is 39.0. The first-order chi connectivity index (χ1) is 17.6. The Morgan fingerprint density at radius 1 is 0.946 bits per heavy atom. The number of hydrogen-bond acceptors (Lipinski definition) is 3. The zero-order valence-electron chi connectivity index (χ0n) is 26.9. The summed E-state index contributed by atoms with van der Waals surface area (Å²) in [6.45, 7) is 20.4. The number of likely N-dealkylation sites (tertiary alicyclic amines) is 1. The molecule has 1 aliphatic heterocycles. The van der Waals surface area contributed by atoms with Gasteiger partial charge < -0.3 is 9.64 Å². The number of hydrogen-bond donors (Lipinski definition) is 1. The van der Waals surface area contributed by atoms with Crippen LogP contribution in [0.2, 0.25) is 0 Å². The van der Waals surface area contributed by atoms with Gasteiger partial charge in [0.2, 0.25) is 5.91 Å². The molecular formula is C33H65NO2S. The van der Waals surface area contributed by atoms with Crippen LogP contribution < -0.4 is 0 Å². The highest BCUT2D eigenvalue weighted by Crippen LogP contribution is 2.67. The van der Waals surface area contributed by atoms with Crippen molar-refractivity contribution in [2.24, 2.45) is 46.3 Å². The fourth-order valence-corrected chi connectivity index (χ4v) is 9.33. The number of carbonyl (C=O) groups excluding carboxylic acids is 1. The largest absolute Gasteiger partial charge is 0.381 e. The van der Waals surface area contributed by atoms with Gasteiger partial charge in [-0.25, -0.2) is 0 Å².